The van der Waals surface area contributed by atoms with E-state index in [1.807, 2.05) is 32.2 Å². The molecule has 0 aliphatic heterocycles. The molecule has 1 atom stereocenters. The fourth-order valence-electron chi connectivity index (χ4n) is 2.34. The zero-order chi connectivity index (χ0) is 14.0. The molecule has 0 fully saturated rings. The van der Waals surface area contributed by atoms with Crippen LogP contribution in [0.1, 0.15) is 28.3 Å². The Balaban J connectivity index is 2.56. The standard InChI is InChI=1S/C16H17BrFN/c1-10-7-8-12(18)9-14(10)16(19-3)13-5-4-6-15(17)11(13)2/h4-9,16,19H,1-3H3. The summed E-state index contributed by atoms with van der Waals surface area (Å²) in [4.78, 5) is 0. The topological polar surface area (TPSA) is 12.0 Å². The fraction of sp³-hybridized carbons (Fsp3) is 0.250. The van der Waals surface area contributed by atoms with E-state index in [1.165, 1.54) is 11.6 Å². The Bertz CT molecular complexity index is 593. The zero-order valence-corrected chi connectivity index (χ0v) is 12.9. The molecule has 1 unspecified atom stereocenters. The van der Waals surface area contributed by atoms with E-state index in [0.717, 1.165) is 21.2 Å². The summed E-state index contributed by atoms with van der Waals surface area (Å²) in [6.07, 6.45) is 0. The van der Waals surface area contributed by atoms with Gasteiger partial charge in [0.25, 0.3) is 0 Å². The number of halogens is 2. The van der Waals surface area contributed by atoms with Crippen LogP contribution < -0.4 is 5.32 Å². The lowest BCUT2D eigenvalue weighted by Crippen LogP contribution is -2.20. The van der Waals surface area contributed by atoms with Gasteiger partial charge in [0.15, 0.2) is 0 Å². The molecule has 0 bridgehead atoms. The van der Waals surface area contributed by atoms with Crippen LogP contribution in [-0.4, -0.2) is 7.05 Å². The lowest BCUT2D eigenvalue weighted by molar-refractivity contribution is 0.614. The van der Waals surface area contributed by atoms with E-state index in [0.29, 0.717) is 0 Å². The highest BCUT2D eigenvalue weighted by molar-refractivity contribution is 9.10. The van der Waals surface area contributed by atoms with Crippen LogP contribution in [0.3, 0.4) is 0 Å². The molecular weight excluding hydrogens is 305 g/mol. The lowest BCUT2D eigenvalue weighted by Gasteiger charge is -2.22. The van der Waals surface area contributed by atoms with Gasteiger partial charge in [0.05, 0.1) is 6.04 Å². The second kappa shape index (κ2) is 5.85. The molecule has 100 valence electrons. The van der Waals surface area contributed by atoms with E-state index in [-0.39, 0.29) is 11.9 Å². The Morgan fingerprint density at radius 3 is 2.53 bits per heavy atom. The van der Waals surface area contributed by atoms with Crippen molar-refractivity contribution < 1.29 is 4.39 Å². The fourth-order valence-corrected chi connectivity index (χ4v) is 2.72. The molecule has 0 aliphatic rings. The molecule has 19 heavy (non-hydrogen) atoms. The van der Waals surface area contributed by atoms with Crippen molar-refractivity contribution in [2.24, 2.45) is 0 Å². The average molecular weight is 322 g/mol. The minimum atomic E-state index is -0.200. The van der Waals surface area contributed by atoms with Crippen molar-refractivity contribution in [1.29, 1.82) is 0 Å². The van der Waals surface area contributed by atoms with Crippen molar-refractivity contribution in [2.45, 2.75) is 19.9 Å². The third kappa shape index (κ3) is 2.88. The van der Waals surface area contributed by atoms with Gasteiger partial charge in [-0.25, -0.2) is 4.39 Å². The van der Waals surface area contributed by atoms with Crippen molar-refractivity contribution >= 4 is 15.9 Å². The minimum absolute atomic E-state index is 0.00630. The van der Waals surface area contributed by atoms with Gasteiger partial charge in [0, 0.05) is 4.47 Å². The third-order valence-electron chi connectivity index (χ3n) is 3.46. The first-order valence-electron chi connectivity index (χ1n) is 6.23. The van der Waals surface area contributed by atoms with Gasteiger partial charge in [-0.15, -0.1) is 0 Å². The van der Waals surface area contributed by atoms with Crippen LogP contribution in [0, 0.1) is 19.7 Å². The first-order chi connectivity index (χ1) is 9.04. The Morgan fingerprint density at radius 2 is 1.84 bits per heavy atom. The summed E-state index contributed by atoms with van der Waals surface area (Å²) in [5, 5.41) is 3.28. The maximum Gasteiger partial charge on any atom is 0.123 e. The molecule has 0 radical (unpaired) electrons. The maximum absolute atomic E-state index is 13.5. The van der Waals surface area contributed by atoms with Gasteiger partial charge >= 0.3 is 0 Å². The molecule has 2 rings (SSSR count). The van der Waals surface area contributed by atoms with Crippen LogP contribution >= 0.6 is 15.9 Å². The van der Waals surface area contributed by atoms with Gasteiger partial charge in [0.1, 0.15) is 5.82 Å². The molecule has 2 aromatic rings. The SMILES string of the molecule is CNC(c1cc(F)ccc1C)c1cccc(Br)c1C. The monoisotopic (exact) mass is 321 g/mol. The van der Waals surface area contributed by atoms with Crippen LogP contribution in [0.15, 0.2) is 40.9 Å². The average Bonchev–Trinajstić information content (AvgIpc) is 2.39. The number of rotatable bonds is 3. The third-order valence-corrected chi connectivity index (χ3v) is 4.32. The van der Waals surface area contributed by atoms with E-state index >= 15 is 0 Å². The number of benzene rings is 2. The normalized spacial score (nSPS) is 12.5. The molecule has 0 saturated heterocycles. The molecule has 0 amide bonds. The molecule has 0 heterocycles. The largest absolute Gasteiger partial charge is 0.309 e. The van der Waals surface area contributed by atoms with Crippen molar-refractivity contribution in [3.8, 4) is 0 Å². The molecule has 0 aromatic heterocycles. The van der Waals surface area contributed by atoms with E-state index in [4.69, 9.17) is 0 Å². The number of hydrogen-bond acceptors (Lipinski definition) is 1. The highest BCUT2D eigenvalue weighted by Gasteiger charge is 2.17. The van der Waals surface area contributed by atoms with Crippen molar-refractivity contribution in [3.05, 3.63) is 68.9 Å². The molecule has 0 aliphatic carbocycles. The van der Waals surface area contributed by atoms with Crippen molar-refractivity contribution in [3.63, 3.8) is 0 Å². The maximum atomic E-state index is 13.5. The summed E-state index contributed by atoms with van der Waals surface area (Å²) in [5.41, 5.74) is 4.39. The van der Waals surface area contributed by atoms with Gasteiger partial charge < -0.3 is 5.32 Å². The number of nitrogens with one attached hydrogen (secondary N) is 1. The molecule has 1 N–H and O–H groups in total. The smallest absolute Gasteiger partial charge is 0.123 e. The number of aryl methyl sites for hydroxylation is 1. The number of hydrogen-bond donors (Lipinski definition) is 1. The molecular formula is C16H17BrFN. The van der Waals surface area contributed by atoms with Crippen LogP contribution in [0.2, 0.25) is 0 Å². The van der Waals surface area contributed by atoms with Gasteiger partial charge in [-0.05, 0) is 61.3 Å². The predicted molar refractivity (Wildman–Crippen MR) is 80.9 cm³/mol. The first kappa shape index (κ1) is 14.2. The summed E-state index contributed by atoms with van der Waals surface area (Å²) in [7, 11) is 1.90. The van der Waals surface area contributed by atoms with E-state index in [9.17, 15) is 4.39 Å². The van der Waals surface area contributed by atoms with Gasteiger partial charge in [-0.1, -0.05) is 34.1 Å². The van der Waals surface area contributed by atoms with E-state index < -0.39 is 0 Å². The summed E-state index contributed by atoms with van der Waals surface area (Å²) >= 11 is 3.55. The Kier molecular flexibility index (Phi) is 4.38. The van der Waals surface area contributed by atoms with Gasteiger partial charge in [-0.3, -0.25) is 0 Å². The molecule has 1 nitrogen and oxygen atoms in total. The Hall–Kier alpha value is -1.19. The predicted octanol–water partition coefficient (Wildman–Crippen LogP) is 4.51. The van der Waals surface area contributed by atoms with Crippen LogP contribution in [-0.2, 0) is 0 Å². The Morgan fingerprint density at radius 1 is 1.11 bits per heavy atom. The highest BCUT2D eigenvalue weighted by Crippen LogP contribution is 2.30. The minimum Gasteiger partial charge on any atom is -0.309 e. The van der Waals surface area contributed by atoms with Crippen molar-refractivity contribution in [1.82, 2.24) is 5.32 Å². The lowest BCUT2D eigenvalue weighted by atomic mass is 9.92. The van der Waals surface area contributed by atoms with Gasteiger partial charge in [0.2, 0.25) is 0 Å². The highest BCUT2D eigenvalue weighted by atomic mass is 79.9. The quantitative estimate of drug-likeness (QED) is 0.876. The summed E-state index contributed by atoms with van der Waals surface area (Å²) in [6, 6.07) is 11.0. The first-order valence-corrected chi connectivity index (χ1v) is 7.02. The molecule has 0 saturated carbocycles. The van der Waals surface area contributed by atoms with Crippen LogP contribution in [0.4, 0.5) is 4.39 Å². The second-order valence-electron chi connectivity index (χ2n) is 4.68. The summed E-state index contributed by atoms with van der Waals surface area (Å²) in [6.45, 7) is 4.07. The van der Waals surface area contributed by atoms with Crippen molar-refractivity contribution in [2.75, 3.05) is 7.05 Å². The van der Waals surface area contributed by atoms with E-state index in [1.54, 1.807) is 6.07 Å². The van der Waals surface area contributed by atoms with Crippen LogP contribution in [0.5, 0.6) is 0 Å². The Labute approximate surface area is 122 Å². The molecule has 3 heteroatoms. The van der Waals surface area contributed by atoms with Gasteiger partial charge in [-0.2, -0.15) is 0 Å². The molecule has 2 aromatic carbocycles. The summed E-state index contributed by atoms with van der Waals surface area (Å²) in [5.74, 6) is -0.200. The van der Waals surface area contributed by atoms with E-state index in [2.05, 4.69) is 34.2 Å². The second-order valence-corrected chi connectivity index (χ2v) is 5.53. The van der Waals surface area contributed by atoms with Crippen LogP contribution in [0.25, 0.3) is 0 Å². The zero-order valence-electron chi connectivity index (χ0n) is 11.3. The molecule has 0 spiro atoms. The summed E-state index contributed by atoms with van der Waals surface area (Å²) < 4.78 is 14.6.